The first-order chi connectivity index (χ1) is 7.72. The smallest absolute Gasteiger partial charge is 0.0653 e. The maximum Gasteiger partial charge on any atom is 0.0653 e. The first kappa shape index (κ1) is 11.7. The van der Waals surface area contributed by atoms with Gasteiger partial charge in [0.2, 0.25) is 0 Å². The van der Waals surface area contributed by atoms with Crippen LogP contribution in [0.3, 0.4) is 0 Å². The van der Waals surface area contributed by atoms with Gasteiger partial charge in [-0.2, -0.15) is 0 Å². The Kier molecular flexibility index (Phi) is 3.70. The van der Waals surface area contributed by atoms with Crippen LogP contribution in [0.1, 0.15) is 5.69 Å². The highest BCUT2D eigenvalue weighted by Crippen LogP contribution is 2.30. The van der Waals surface area contributed by atoms with Crippen LogP contribution < -0.4 is 0 Å². The molecule has 0 saturated carbocycles. The average molecular weight is 273 g/mol. The van der Waals surface area contributed by atoms with Gasteiger partial charge in [0.1, 0.15) is 0 Å². The molecule has 1 nitrogen and oxygen atoms in total. The summed E-state index contributed by atoms with van der Waals surface area (Å²) < 4.78 is 0. The normalized spacial score (nSPS) is 10.4. The maximum atomic E-state index is 5.97. The van der Waals surface area contributed by atoms with Crippen LogP contribution in [0.25, 0.3) is 11.1 Å². The molecule has 82 valence electrons. The first-order valence-electron chi connectivity index (χ1n) is 4.67. The van der Waals surface area contributed by atoms with Crippen LogP contribution >= 0.6 is 34.8 Å². The van der Waals surface area contributed by atoms with Gasteiger partial charge in [0.15, 0.2) is 0 Å². The van der Waals surface area contributed by atoms with E-state index in [1.54, 1.807) is 12.3 Å². The number of aromatic nitrogens is 1. The number of halogens is 3. The monoisotopic (exact) mass is 271 g/mol. The van der Waals surface area contributed by atoms with Crippen molar-refractivity contribution in [2.75, 3.05) is 0 Å². The average Bonchev–Trinajstić information content (AvgIpc) is 2.32. The molecule has 16 heavy (non-hydrogen) atoms. The lowest BCUT2D eigenvalue weighted by Crippen LogP contribution is -1.90. The highest BCUT2D eigenvalue weighted by molar-refractivity contribution is 6.42. The maximum absolute atomic E-state index is 5.97. The molecule has 0 saturated heterocycles. The molecule has 1 aromatic heterocycles. The van der Waals surface area contributed by atoms with Crippen molar-refractivity contribution in [3.05, 3.63) is 52.3 Å². The van der Waals surface area contributed by atoms with Crippen LogP contribution in [-0.2, 0) is 5.88 Å². The van der Waals surface area contributed by atoms with Gasteiger partial charge in [-0.1, -0.05) is 35.3 Å². The van der Waals surface area contributed by atoms with Gasteiger partial charge in [-0.15, -0.1) is 11.6 Å². The summed E-state index contributed by atoms with van der Waals surface area (Å²) in [5, 5.41) is 1.07. The highest BCUT2D eigenvalue weighted by Gasteiger charge is 2.06. The van der Waals surface area contributed by atoms with Crippen LogP contribution in [0.4, 0.5) is 0 Å². The molecule has 0 aliphatic heterocycles. The lowest BCUT2D eigenvalue weighted by Gasteiger charge is -2.07. The Morgan fingerprint density at radius 1 is 1.06 bits per heavy atom. The Morgan fingerprint density at radius 3 is 2.56 bits per heavy atom. The lowest BCUT2D eigenvalue weighted by molar-refractivity contribution is 1.17. The molecule has 0 radical (unpaired) electrons. The van der Waals surface area contributed by atoms with Crippen molar-refractivity contribution in [3.63, 3.8) is 0 Å². The Bertz CT molecular complexity index is 511. The van der Waals surface area contributed by atoms with E-state index in [0.29, 0.717) is 15.9 Å². The molecule has 0 unspecified atom stereocenters. The van der Waals surface area contributed by atoms with E-state index >= 15 is 0 Å². The summed E-state index contributed by atoms with van der Waals surface area (Å²) in [6.45, 7) is 0. The van der Waals surface area contributed by atoms with Crippen molar-refractivity contribution >= 4 is 34.8 Å². The van der Waals surface area contributed by atoms with Crippen LogP contribution in [-0.4, -0.2) is 4.98 Å². The summed E-state index contributed by atoms with van der Waals surface area (Å²) in [5.41, 5.74) is 2.79. The molecule has 0 N–H and O–H groups in total. The van der Waals surface area contributed by atoms with Gasteiger partial charge in [0.25, 0.3) is 0 Å². The number of alkyl halides is 1. The molecule has 0 fully saturated rings. The quantitative estimate of drug-likeness (QED) is 0.716. The van der Waals surface area contributed by atoms with Crippen molar-refractivity contribution in [2.45, 2.75) is 5.88 Å². The molecule has 0 atom stereocenters. The topological polar surface area (TPSA) is 12.9 Å². The summed E-state index contributed by atoms with van der Waals surface area (Å²) in [6.07, 6.45) is 1.72. The second-order valence-corrected chi connectivity index (χ2v) is 4.34. The zero-order chi connectivity index (χ0) is 11.5. The van der Waals surface area contributed by atoms with Crippen LogP contribution in [0.15, 0.2) is 36.5 Å². The van der Waals surface area contributed by atoms with Gasteiger partial charge >= 0.3 is 0 Å². The SMILES string of the molecule is ClCc1ncccc1-c1ccc(Cl)c(Cl)c1. The van der Waals surface area contributed by atoms with E-state index in [-0.39, 0.29) is 0 Å². The van der Waals surface area contributed by atoms with E-state index in [0.717, 1.165) is 16.8 Å². The summed E-state index contributed by atoms with van der Waals surface area (Å²) in [4.78, 5) is 4.22. The van der Waals surface area contributed by atoms with E-state index in [1.807, 2.05) is 24.3 Å². The number of pyridine rings is 1. The van der Waals surface area contributed by atoms with Crippen molar-refractivity contribution in [2.24, 2.45) is 0 Å². The summed E-state index contributed by atoms with van der Waals surface area (Å²) in [7, 11) is 0. The van der Waals surface area contributed by atoms with Crippen LogP contribution in [0.2, 0.25) is 10.0 Å². The largest absolute Gasteiger partial charge is 0.259 e. The zero-order valence-corrected chi connectivity index (χ0v) is 10.5. The van der Waals surface area contributed by atoms with E-state index in [1.165, 1.54) is 0 Å². The zero-order valence-electron chi connectivity index (χ0n) is 8.25. The molecule has 0 amide bonds. The lowest BCUT2D eigenvalue weighted by atomic mass is 10.0. The second kappa shape index (κ2) is 5.05. The minimum absolute atomic E-state index is 0.371. The highest BCUT2D eigenvalue weighted by atomic mass is 35.5. The third-order valence-corrected chi connectivity index (χ3v) is 3.24. The Balaban J connectivity index is 2.54. The van der Waals surface area contributed by atoms with Crippen molar-refractivity contribution < 1.29 is 0 Å². The molecule has 2 rings (SSSR count). The third kappa shape index (κ3) is 2.32. The number of hydrogen-bond acceptors (Lipinski definition) is 1. The summed E-state index contributed by atoms with van der Waals surface area (Å²) in [5.74, 6) is 0.371. The van der Waals surface area contributed by atoms with E-state index in [2.05, 4.69) is 4.98 Å². The predicted octanol–water partition coefficient (Wildman–Crippen LogP) is 4.79. The van der Waals surface area contributed by atoms with Gasteiger partial charge in [0.05, 0.1) is 21.6 Å². The Hall–Kier alpha value is -0.760. The van der Waals surface area contributed by atoms with E-state index < -0.39 is 0 Å². The number of nitrogens with zero attached hydrogens (tertiary/aromatic N) is 1. The molecule has 0 aliphatic rings. The van der Waals surface area contributed by atoms with Gasteiger partial charge in [-0.3, -0.25) is 4.98 Å². The van der Waals surface area contributed by atoms with Crippen molar-refractivity contribution in [3.8, 4) is 11.1 Å². The van der Waals surface area contributed by atoms with Gasteiger partial charge in [-0.05, 0) is 23.8 Å². The van der Waals surface area contributed by atoms with Crippen LogP contribution in [0, 0.1) is 0 Å². The molecular formula is C12H8Cl3N. The first-order valence-corrected chi connectivity index (χ1v) is 5.96. The molecule has 4 heteroatoms. The minimum Gasteiger partial charge on any atom is -0.259 e. The van der Waals surface area contributed by atoms with Gasteiger partial charge in [0, 0.05) is 11.8 Å². The Morgan fingerprint density at radius 2 is 1.88 bits per heavy atom. The number of hydrogen-bond donors (Lipinski definition) is 0. The fourth-order valence-electron chi connectivity index (χ4n) is 1.47. The second-order valence-electron chi connectivity index (χ2n) is 3.26. The summed E-state index contributed by atoms with van der Waals surface area (Å²) in [6, 6.07) is 9.32. The Labute approximate surface area is 109 Å². The number of rotatable bonds is 2. The molecule has 2 aromatic rings. The minimum atomic E-state index is 0.371. The molecule has 0 bridgehead atoms. The molecule has 0 spiro atoms. The van der Waals surface area contributed by atoms with Crippen LogP contribution in [0.5, 0.6) is 0 Å². The third-order valence-electron chi connectivity index (χ3n) is 2.25. The standard InChI is InChI=1S/C12H8Cl3N/c13-7-12-9(2-1-5-16-12)8-3-4-10(14)11(15)6-8/h1-6H,7H2. The fraction of sp³-hybridized carbons (Fsp3) is 0.0833. The van der Waals surface area contributed by atoms with E-state index in [4.69, 9.17) is 34.8 Å². The molecular weight excluding hydrogens is 264 g/mol. The van der Waals surface area contributed by atoms with Crippen molar-refractivity contribution in [1.29, 1.82) is 0 Å². The molecule has 1 aromatic carbocycles. The number of benzene rings is 1. The van der Waals surface area contributed by atoms with E-state index in [9.17, 15) is 0 Å². The van der Waals surface area contributed by atoms with Gasteiger partial charge in [-0.25, -0.2) is 0 Å². The summed E-state index contributed by atoms with van der Waals surface area (Å²) >= 11 is 17.7. The molecule has 1 heterocycles. The fourth-order valence-corrected chi connectivity index (χ4v) is 1.98. The van der Waals surface area contributed by atoms with Crippen molar-refractivity contribution in [1.82, 2.24) is 4.98 Å². The predicted molar refractivity (Wildman–Crippen MR) is 69.3 cm³/mol. The van der Waals surface area contributed by atoms with Gasteiger partial charge < -0.3 is 0 Å². The molecule has 0 aliphatic carbocycles.